The maximum absolute atomic E-state index is 9.44. The quantitative estimate of drug-likeness (QED) is 0.739. The standard InChI is InChI=1S/C13H11N3OS/c1-14-12-5-2-8(7-15-12)13-16-10-4-3-9(17)6-11(10)18-13/h2-7,17H,1H3,(H,14,15)/i1-1. The molecule has 2 heterocycles. The van der Waals surface area contributed by atoms with Crippen molar-refractivity contribution in [3.63, 3.8) is 0 Å². The van der Waals surface area contributed by atoms with Gasteiger partial charge in [0.1, 0.15) is 16.6 Å². The molecule has 2 N–H and O–H groups in total. The molecule has 0 aliphatic rings. The van der Waals surface area contributed by atoms with Gasteiger partial charge in [0, 0.05) is 18.8 Å². The van der Waals surface area contributed by atoms with Crippen LogP contribution in [0.25, 0.3) is 20.8 Å². The van der Waals surface area contributed by atoms with E-state index in [-0.39, 0.29) is 5.75 Å². The number of nitrogens with zero attached hydrogens (tertiary/aromatic N) is 2. The zero-order chi connectivity index (χ0) is 12.5. The zero-order valence-electron chi connectivity index (χ0n) is 9.71. The van der Waals surface area contributed by atoms with Crippen LogP contribution in [0.5, 0.6) is 5.75 Å². The van der Waals surface area contributed by atoms with Crippen molar-refractivity contribution in [3.8, 4) is 16.3 Å². The Morgan fingerprint density at radius 1 is 1.22 bits per heavy atom. The zero-order valence-corrected chi connectivity index (χ0v) is 10.5. The van der Waals surface area contributed by atoms with E-state index in [0.29, 0.717) is 0 Å². The summed E-state index contributed by atoms with van der Waals surface area (Å²) in [6.45, 7) is 0. The van der Waals surface area contributed by atoms with Gasteiger partial charge in [0.05, 0.1) is 10.2 Å². The lowest BCUT2D eigenvalue weighted by Gasteiger charge is -1.99. The molecule has 0 saturated heterocycles. The van der Waals surface area contributed by atoms with Crippen LogP contribution in [0.2, 0.25) is 0 Å². The Morgan fingerprint density at radius 3 is 2.83 bits per heavy atom. The second-order valence-corrected chi connectivity index (χ2v) is 4.88. The molecule has 0 radical (unpaired) electrons. The molecule has 5 heteroatoms. The number of anilines is 1. The Kier molecular flexibility index (Phi) is 2.60. The van der Waals surface area contributed by atoms with E-state index in [1.54, 1.807) is 29.7 Å². The minimum Gasteiger partial charge on any atom is -0.508 e. The molecule has 18 heavy (non-hydrogen) atoms. The lowest BCUT2D eigenvalue weighted by Crippen LogP contribution is -1.90. The predicted octanol–water partition coefficient (Wildman–Crippen LogP) is 3.11. The number of thiazole rings is 1. The molecule has 90 valence electrons. The van der Waals surface area contributed by atoms with E-state index in [4.69, 9.17) is 0 Å². The van der Waals surface area contributed by atoms with Crippen molar-refractivity contribution in [2.24, 2.45) is 0 Å². The molecule has 0 amide bonds. The Balaban J connectivity index is 2.07. The molecule has 2 aromatic heterocycles. The lowest BCUT2D eigenvalue weighted by atomic mass is 10.3. The van der Waals surface area contributed by atoms with Crippen LogP contribution in [0.3, 0.4) is 0 Å². The second-order valence-electron chi connectivity index (χ2n) is 3.85. The topological polar surface area (TPSA) is 58.0 Å². The van der Waals surface area contributed by atoms with Crippen LogP contribution >= 0.6 is 11.3 Å². The maximum Gasteiger partial charge on any atom is 0.126 e. The number of hydrogen-bond acceptors (Lipinski definition) is 5. The van der Waals surface area contributed by atoms with Crippen LogP contribution in [0, 0.1) is 0 Å². The van der Waals surface area contributed by atoms with Crippen LogP contribution in [-0.4, -0.2) is 22.1 Å². The summed E-state index contributed by atoms with van der Waals surface area (Å²) in [5, 5.41) is 13.3. The fourth-order valence-corrected chi connectivity index (χ4v) is 2.69. The number of fused-ring (bicyclic) bond motifs is 1. The van der Waals surface area contributed by atoms with Crippen molar-refractivity contribution in [1.82, 2.24) is 9.97 Å². The Bertz CT molecular complexity index is 691. The Morgan fingerprint density at radius 2 is 2.11 bits per heavy atom. The van der Waals surface area contributed by atoms with Crippen LogP contribution in [0.15, 0.2) is 36.5 Å². The minimum atomic E-state index is 0.265. The van der Waals surface area contributed by atoms with Crippen LogP contribution in [0.4, 0.5) is 5.82 Å². The van der Waals surface area contributed by atoms with Gasteiger partial charge < -0.3 is 10.4 Å². The number of phenols is 1. The Labute approximate surface area is 108 Å². The molecular formula is C13H11N3OS. The van der Waals surface area contributed by atoms with Gasteiger partial charge in [-0.15, -0.1) is 11.3 Å². The summed E-state index contributed by atoms with van der Waals surface area (Å²) in [6, 6.07) is 9.09. The van der Waals surface area contributed by atoms with E-state index >= 15 is 0 Å². The molecule has 0 aliphatic heterocycles. The first-order valence-corrected chi connectivity index (χ1v) is 6.31. The monoisotopic (exact) mass is 256 g/mol. The van der Waals surface area contributed by atoms with Crippen molar-refractivity contribution in [2.45, 2.75) is 0 Å². The van der Waals surface area contributed by atoms with Crippen LogP contribution in [0.1, 0.15) is 0 Å². The predicted molar refractivity (Wildman–Crippen MR) is 74.1 cm³/mol. The minimum absolute atomic E-state index is 0.265. The molecule has 3 rings (SSSR count). The highest BCUT2D eigenvalue weighted by molar-refractivity contribution is 7.21. The summed E-state index contributed by atoms with van der Waals surface area (Å²) < 4.78 is 0.975. The second kappa shape index (κ2) is 4.27. The molecule has 0 fully saturated rings. The average molecular weight is 256 g/mol. The molecule has 0 unspecified atom stereocenters. The number of aromatic nitrogens is 2. The fourth-order valence-electron chi connectivity index (χ4n) is 1.71. The third kappa shape index (κ3) is 1.89. The van der Waals surface area contributed by atoms with Gasteiger partial charge in [-0.2, -0.15) is 0 Å². The number of pyridine rings is 1. The molecule has 0 bridgehead atoms. The number of aromatic hydroxyl groups is 1. The summed E-state index contributed by atoms with van der Waals surface area (Å²) in [7, 11) is 1.84. The fraction of sp³-hybridized carbons (Fsp3) is 0.0769. The number of benzene rings is 1. The van der Waals surface area contributed by atoms with Gasteiger partial charge in [-0.3, -0.25) is 0 Å². The first kappa shape index (κ1) is 11.0. The molecule has 0 atom stereocenters. The van der Waals surface area contributed by atoms with Crippen molar-refractivity contribution < 1.29 is 5.11 Å². The largest absolute Gasteiger partial charge is 0.508 e. The first-order valence-electron chi connectivity index (χ1n) is 5.50. The van der Waals surface area contributed by atoms with E-state index < -0.39 is 0 Å². The van der Waals surface area contributed by atoms with E-state index in [1.165, 1.54) is 0 Å². The van der Waals surface area contributed by atoms with Gasteiger partial charge in [0.15, 0.2) is 0 Å². The summed E-state index contributed by atoms with van der Waals surface area (Å²) in [5.41, 5.74) is 1.88. The van der Waals surface area contributed by atoms with Crippen molar-refractivity contribution in [2.75, 3.05) is 12.4 Å². The summed E-state index contributed by atoms with van der Waals surface area (Å²) in [6.07, 6.45) is 1.80. The smallest absolute Gasteiger partial charge is 0.126 e. The van der Waals surface area contributed by atoms with E-state index in [0.717, 1.165) is 26.6 Å². The molecule has 0 aliphatic carbocycles. The van der Waals surface area contributed by atoms with Crippen LogP contribution in [-0.2, 0) is 0 Å². The van der Waals surface area contributed by atoms with Crippen molar-refractivity contribution >= 4 is 27.4 Å². The SMILES string of the molecule is [11CH3]Nc1ccc(-c2nc3ccc(O)cc3s2)cn1. The molecule has 0 saturated carbocycles. The van der Waals surface area contributed by atoms with E-state index in [1.807, 2.05) is 25.2 Å². The van der Waals surface area contributed by atoms with Crippen LogP contribution < -0.4 is 5.32 Å². The molecular weight excluding hydrogens is 245 g/mol. The average Bonchev–Trinajstić information content (AvgIpc) is 2.81. The third-order valence-electron chi connectivity index (χ3n) is 2.64. The summed E-state index contributed by atoms with van der Waals surface area (Å²) in [4.78, 5) is 8.79. The Hall–Kier alpha value is -2.14. The van der Waals surface area contributed by atoms with Gasteiger partial charge in [-0.05, 0) is 30.3 Å². The summed E-state index contributed by atoms with van der Waals surface area (Å²) in [5.74, 6) is 1.10. The van der Waals surface area contributed by atoms with Gasteiger partial charge in [0.25, 0.3) is 0 Å². The normalized spacial score (nSPS) is 10.7. The third-order valence-corrected chi connectivity index (χ3v) is 3.71. The molecule has 4 nitrogen and oxygen atoms in total. The molecule has 0 spiro atoms. The first-order chi connectivity index (χ1) is 8.76. The highest BCUT2D eigenvalue weighted by atomic mass is 32.1. The number of phenolic OH excluding ortho intramolecular Hbond substituents is 1. The summed E-state index contributed by atoms with van der Waals surface area (Å²) >= 11 is 1.55. The highest BCUT2D eigenvalue weighted by Crippen LogP contribution is 2.31. The number of rotatable bonds is 2. The lowest BCUT2D eigenvalue weighted by molar-refractivity contribution is 0.476. The highest BCUT2D eigenvalue weighted by Gasteiger charge is 2.07. The van der Waals surface area contributed by atoms with Crippen molar-refractivity contribution in [1.29, 1.82) is 0 Å². The van der Waals surface area contributed by atoms with Gasteiger partial charge >= 0.3 is 0 Å². The van der Waals surface area contributed by atoms with Gasteiger partial charge in [-0.25, -0.2) is 9.97 Å². The van der Waals surface area contributed by atoms with Crippen molar-refractivity contribution in [3.05, 3.63) is 36.5 Å². The van der Waals surface area contributed by atoms with E-state index in [2.05, 4.69) is 15.3 Å². The number of nitrogens with one attached hydrogen (secondary N) is 1. The maximum atomic E-state index is 9.44. The van der Waals surface area contributed by atoms with Gasteiger partial charge in [-0.1, -0.05) is 0 Å². The molecule has 1 aromatic carbocycles. The number of hydrogen-bond donors (Lipinski definition) is 2. The van der Waals surface area contributed by atoms with E-state index in [9.17, 15) is 5.11 Å². The molecule has 3 aromatic rings. The van der Waals surface area contributed by atoms with Gasteiger partial charge in [0.2, 0.25) is 0 Å².